The van der Waals surface area contributed by atoms with Crippen molar-refractivity contribution in [2.75, 3.05) is 0 Å². The van der Waals surface area contributed by atoms with Gasteiger partial charge in [-0.3, -0.25) is 9.59 Å². The van der Waals surface area contributed by atoms with Crippen LogP contribution in [0.3, 0.4) is 0 Å². The van der Waals surface area contributed by atoms with E-state index >= 15 is 0 Å². The number of aldehydes is 1. The van der Waals surface area contributed by atoms with Gasteiger partial charge in [-0.15, -0.1) is 0 Å². The molecule has 1 saturated heterocycles. The van der Waals surface area contributed by atoms with Crippen molar-refractivity contribution >= 4 is 12.1 Å². The first-order valence-corrected chi connectivity index (χ1v) is 12.8. The van der Waals surface area contributed by atoms with E-state index in [-0.39, 0.29) is 11.9 Å². The molecular formula is C30H40O5. The molecule has 0 bridgehead atoms. The molecule has 1 fully saturated rings. The third-order valence-corrected chi connectivity index (χ3v) is 8.43. The van der Waals surface area contributed by atoms with Gasteiger partial charge in [-0.25, -0.2) is 0 Å². The Morgan fingerprint density at radius 1 is 0.971 bits per heavy atom. The van der Waals surface area contributed by atoms with Crippen molar-refractivity contribution in [2.45, 2.75) is 105 Å². The predicted molar refractivity (Wildman–Crippen MR) is 136 cm³/mol. The van der Waals surface area contributed by atoms with E-state index < -0.39 is 28.8 Å². The van der Waals surface area contributed by atoms with Crippen LogP contribution >= 0.6 is 0 Å². The number of Topliss-reactive ketones (excluding diaryl/α,β-unsaturated/α-hetero) is 1. The zero-order chi connectivity index (χ0) is 25.6. The fourth-order valence-electron chi connectivity index (χ4n) is 6.45. The van der Waals surface area contributed by atoms with Gasteiger partial charge in [-0.2, -0.15) is 0 Å². The Morgan fingerprint density at radius 2 is 1.66 bits per heavy atom. The molecule has 5 nitrogen and oxygen atoms in total. The standard InChI is InChI=1S/C30H40O5/c1-19-14-16-24(33-18-21-11-9-8-10-12-21)30(7,22(19)17-31)27-26(34-29(5,6)35-27)25-20(2)13-15-23(32)28(25,3)4/h8-12,17,24,26-27H,13-16,18H2,1-7H3/t24-,26-,27+,30-/m0/s1. The minimum atomic E-state index is -0.856. The lowest BCUT2D eigenvalue weighted by atomic mass is 9.61. The van der Waals surface area contributed by atoms with Crippen molar-refractivity contribution in [1.29, 1.82) is 0 Å². The number of ketones is 1. The Morgan fingerprint density at radius 3 is 2.31 bits per heavy atom. The Hall–Kier alpha value is -2.08. The first kappa shape index (κ1) is 26.0. The van der Waals surface area contributed by atoms with Crippen molar-refractivity contribution in [2.24, 2.45) is 10.8 Å². The average Bonchev–Trinajstić information content (AvgIpc) is 3.12. The van der Waals surface area contributed by atoms with Crippen LogP contribution in [0.2, 0.25) is 0 Å². The molecule has 0 aromatic heterocycles. The van der Waals surface area contributed by atoms with E-state index in [1.807, 2.05) is 65.0 Å². The minimum Gasteiger partial charge on any atom is -0.373 e. The van der Waals surface area contributed by atoms with Crippen LogP contribution in [0.15, 0.2) is 52.6 Å². The Balaban J connectivity index is 1.80. The average molecular weight is 481 g/mol. The topological polar surface area (TPSA) is 61.8 Å². The van der Waals surface area contributed by atoms with Gasteiger partial charge in [0.05, 0.1) is 18.1 Å². The highest BCUT2D eigenvalue weighted by Crippen LogP contribution is 2.54. The summed E-state index contributed by atoms with van der Waals surface area (Å²) in [6.07, 6.45) is 2.70. The van der Waals surface area contributed by atoms with Crippen LogP contribution in [-0.2, 0) is 30.4 Å². The van der Waals surface area contributed by atoms with Gasteiger partial charge < -0.3 is 14.2 Å². The molecule has 0 unspecified atom stereocenters. The third kappa shape index (κ3) is 4.59. The lowest BCUT2D eigenvalue weighted by Gasteiger charge is -2.48. The van der Waals surface area contributed by atoms with Crippen LogP contribution in [0.25, 0.3) is 0 Å². The van der Waals surface area contributed by atoms with Gasteiger partial charge in [0, 0.05) is 17.4 Å². The number of hydrogen-bond donors (Lipinski definition) is 0. The smallest absolute Gasteiger partial charge is 0.164 e. The second kappa shape index (κ2) is 9.42. The number of benzene rings is 1. The summed E-state index contributed by atoms with van der Waals surface area (Å²) in [6.45, 7) is 14.5. The quantitative estimate of drug-likeness (QED) is 0.363. The van der Waals surface area contributed by atoms with E-state index in [9.17, 15) is 9.59 Å². The fourth-order valence-corrected chi connectivity index (χ4v) is 6.45. The van der Waals surface area contributed by atoms with E-state index in [0.717, 1.165) is 47.8 Å². The van der Waals surface area contributed by atoms with Crippen LogP contribution in [0.1, 0.15) is 79.7 Å². The minimum absolute atomic E-state index is 0.221. The second-order valence-electron chi connectivity index (χ2n) is 11.6. The lowest BCUT2D eigenvalue weighted by molar-refractivity contribution is -0.168. The number of hydrogen-bond acceptors (Lipinski definition) is 5. The SMILES string of the molecule is CC1=C([C@@H]2OC(C)(C)O[C@H]2[C@@]2(C)C(C=O)=C(C)CC[C@@H]2OCc2ccccc2)C(C)(C)C(=O)CC1. The van der Waals surface area contributed by atoms with E-state index in [2.05, 4.69) is 13.8 Å². The van der Waals surface area contributed by atoms with Gasteiger partial charge in [-0.05, 0) is 71.9 Å². The third-order valence-electron chi connectivity index (χ3n) is 8.43. The van der Waals surface area contributed by atoms with E-state index in [1.54, 1.807) is 0 Å². The van der Waals surface area contributed by atoms with Gasteiger partial charge in [0.15, 0.2) is 5.79 Å². The number of allylic oxidation sites excluding steroid dienone is 2. The Kier molecular flexibility index (Phi) is 7.00. The molecule has 0 saturated carbocycles. The van der Waals surface area contributed by atoms with Gasteiger partial charge in [0.1, 0.15) is 24.3 Å². The van der Waals surface area contributed by atoms with Crippen molar-refractivity contribution in [3.8, 4) is 0 Å². The first-order valence-electron chi connectivity index (χ1n) is 12.8. The highest BCUT2D eigenvalue weighted by Gasteiger charge is 2.60. The monoisotopic (exact) mass is 480 g/mol. The normalized spacial score (nSPS) is 32.8. The second-order valence-corrected chi connectivity index (χ2v) is 11.6. The molecule has 35 heavy (non-hydrogen) atoms. The summed E-state index contributed by atoms with van der Waals surface area (Å²) >= 11 is 0. The van der Waals surface area contributed by atoms with E-state index in [4.69, 9.17) is 14.2 Å². The number of carbonyl (C=O) groups is 2. The summed E-state index contributed by atoms with van der Waals surface area (Å²) in [4.78, 5) is 25.6. The molecule has 0 N–H and O–H groups in total. The molecule has 3 aliphatic rings. The molecule has 1 aromatic rings. The molecule has 4 atom stereocenters. The maximum absolute atomic E-state index is 13.0. The van der Waals surface area contributed by atoms with Gasteiger partial charge >= 0.3 is 0 Å². The van der Waals surface area contributed by atoms with Gasteiger partial charge in [0.2, 0.25) is 0 Å². The van der Waals surface area contributed by atoms with Crippen molar-refractivity contribution in [3.05, 3.63) is 58.2 Å². The maximum Gasteiger partial charge on any atom is 0.164 e. The van der Waals surface area contributed by atoms with Crippen LogP contribution < -0.4 is 0 Å². The molecule has 0 spiro atoms. The van der Waals surface area contributed by atoms with E-state index in [1.165, 1.54) is 5.57 Å². The Bertz CT molecular complexity index is 1050. The number of ether oxygens (including phenoxy) is 3. The van der Waals surface area contributed by atoms with Crippen LogP contribution in [0, 0.1) is 10.8 Å². The summed E-state index contributed by atoms with van der Waals surface area (Å²) in [6, 6.07) is 10.1. The summed E-state index contributed by atoms with van der Waals surface area (Å²) in [5, 5.41) is 0. The largest absolute Gasteiger partial charge is 0.373 e. The predicted octanol–water partition coefficient (Wildman–Crippen LogP) is 6.11. The van der Waals surface area contributed by atoms with Crippen LogP contribution in [0.4, 0.5) is 0 Å². The van der Waals surface area contributed by atoms with Crippen LogP contribution in [0.5, 0.6) is 0 Å². The molecule has 0 radical (unpaired) electrons. The van der Waals surface area contributed by atoms with Crippen molar-refractivity contribution in [3.63, 3.8) is 0 Å². The van der Waals surface area contributed by atoms with Gasteiger partial charge in [0.25, 0.3) is 0 Å². The molecule has 2 aliphatic carbocycles. The van der Waals surface area contributed by atoms with Crippen molar-refractivity contribution in [1.82, 2.24) is 0 Å². The first-order chi connectivity index (χ1) is 16.4. The lowest BCUT2D eigenvalue weighted by Crippen LogP contribution is -2.54. The summed E-state index contributed by atoms with van der Waals surface area (Å²) in [5.41, 5.74) is 3.69. The highest BCUT2D eigenvalue weighted by atomic mass is 16.8. The molecule has 4 rings (SSSR count). The maximum atomic E-state index is 13.0. The fraction of sp³-hybridized carbons (Fsp3) is 0.600. The van der Waals surface area contributed by atoms with Crippen LogP contribution in [-0.4, -0.2) is 36.2 Å². The van der Waals surface area contributed by atoms with E-state index in [0.29, 0.717) is 13.0 Å². The molecule has 1 heterocycles. The summed E-state index contributed by atoms with van der Waals surface area (Å²) in [7, 11) is 0. The molecule has 5 heteroatoms. The number of rotatable bonds is 6. The zero-order valence-corrected chi connectivity index (χ0v) is 22.3. The van der Waals surface area contributed by atoms with Crippen molar-refractivity contribution < 1.29 is 23.8 Å². The molecular weight excluding hydrogens is 440 g/mol. The summed E-state index contributed by atoms with van der Waals surface area (Å²) in [5.74, 6) is -0.635. The molecule has 0 amide bonds. The zero-order valence-electron chi connectivity index (χ0n) is 22.3. The number of carbonyl (C=O) groups excluding carboxylic acids is 2. The Labute approximate surface area is 209 Å². The van der Waals surface area contributed by atoms with Gasteiger partial charge in [-0.1, -0.05) is 48.4 Å². The molecule has 1 aliphatic heterocycles. The molecule has 1 aromatic carbocycles. The highest BCUT2D eigenvalue weighted by molar-refractivity contribution is 5.89. The molecule has 190 valence electrons. The summed E-state index contributed by atoms with van der Waals surface area (Å²) < 4.78 is 19.8.